The van der Waals surface area contributed by atoms with Gasteiger partial charge < -0.3 is 11.1 Å². The molecule has 0 aliphatic carbocycles. The molecule has 2 amide bonds. The number of Topliss-reactive ketones (excluding diaryl/α,β-unsaturated/α-hetero) is 2. The predicted molar refractivity (Wildman–Crippen MR) is 143 cm³/mol. The highest BCUT2D eigenvalue weighted by atomic mass is 19.1. The summed E-state index contributed by atoms with van der Waals surface area (Å²) in [7, 11) is 0. The first-order chi connectivity index (χ1) is 18.7. The van der Waals surface area contributed by atoms with Crippen LogP contribution >= 0.6 is 0 Å². The van der Waals surface area contributed by atoms with Crippen molar-refractivity contribution in [3.8, 4) is 5.69 Å². The Bertz CT molecular complexity index is 1500. The number of hydrogen-bond acceptors (Lipinski definition) is 5. The number of amides is 2. The van der Waals surface area contributed by atoms with E-state index in [0.29, 0.717) is 23.4 Å². The molecule has 0 saturated carbocycles. The number of aromatic nitrogens is 2. The summed E-state index contributed by atoms with van der Waals surface area (Å²) in [4.78, 5) is 49.7. The maximum absolute atomic E-state index is 13.2. The maximum atomic E-state index is 13.2. The van der Waals surface area contributed by atoms with Gasteiger partial charge in [0.2, 0.25) is 5.78 Å². The normalized spacial score (nSPS) is 11.5. The Kier molecular flexibility index (Phi) is 8.40. The zero-order valence-electron chi connectivity index (χ0n) is 21.3. The number of halogens is 1. The molecule has 198 valence electrons. The lowest BCUT2D eigenvalue weighted by atomic mass is 10.0. The number of carbonyl (C=O) groups excluding carboxylic acids is 4. The lowest BCUT2D eigenvalue weighted by Crippen LogP contribution is -2.47. The standard InChI is InChI=1S/C30H27FN4O4/c1-19-17-26(30(39)33-25(28(37)29(32)38)18-21-5-3-2-4-6-21)35(34-19)24-14-7-20(8-15-24)9-16-27(36)22-10-12-23(31)13-11-22/h2-8,10-15,17,25H,9,16,18H2,1H3,(H2,32,38)(H,33,39). The first-order valence-electron chi connectivity index (χ1n) is 12.3. The SMILES string of the molecule is Cc1cc(C(=O)NC(Cc2ccccc2)C(=O)C(N)=O)n(-c2ccc(CCC(=O)c3ccc(F)cc3)cc2)n1. The summed E-state index contributed by atoms with van der Waals surface area (Å²) < 4.78 is 14.6. The lowest BCUT2D eigenvalue weighted by molar-refractivity contribution is -0.137. The highest BCUT2D eigenvalue weighted by Gasteiger charge is 2.27. The summed E-state index contributed by atoms with van der Waals surface area (Å²) in [6.07, 6.45) is 0.849. The minimum absolute atomic E-state index is 0.0868. The van der Waals surface area contributed by atoms with E-state index >= 15 is 0 Å². The number of nitrogens with two attached hydrogens (primary N) is 1. The van der Waals surface area contributed by atoms with Crippen LogP contribution in [-0.2, 0) is 22.4 Å². The molecule has 0 aliphatic rings. The average molecular weight is 527 g/mol. The van der Waals surface area contributed by atoms with Crippen LogP contribution in [0.25, 0.3) is 5.69 Å². The molecule has 4 aromatic rings. The minimum Gasteiger partial charge on any atom is -0.363 e. The molecule has 1 heterocycles. The minimum atomic E-state index is -1.14. The number of ketones is 2. The van der Waals surface area contributed by atoms with Crippen LogP contribution in [0, 0.1) is 12.7 Å². The summed E-state index contributed by atoms with van der Waals surface area (Å²) in [6.45, 7) is 1.73. The third-order valence-electron chi connectivity index (χ3n) is 6.20. The van der Waals surface area contributed by atoms with Crippen molar-refractivity contribution in [2.24, 2.45) is 5.73 Å². The quantitative estimate of drug-likeness (QED) is 0.229. The Morgan fingerprint density at radius 2 is 1.59 bits per heavy atom. The van der Waals surface area contributed by atoms with Crippen LogP contribution in [0.15, 0.2) is 84.9 Å². The second-order valence-electron chi connectivity index (χ2n) is 9.12. The van der Waals surface area contributed by atoms with Crippen molar-refractivity contribution >= 4 is 23.4 Å². The van der Waals surface area contributed by atoms with Crippen molar-refractivity contribution in [1.82, 2.24) is 15.1 Å². The van der Waals surface area contributed by atoms with E-state index in [4.69, 9.17) is 5.73 Å². The number of nitrogens with zero attached hydrogens (tertiary/aromatic N) is 2. The number of rotatable bonds is 11. The van der Waals surface area contributed by atoms with Gasteiger partial charge in [0, 0.05) is 18.4 Å². The Labute approximate surface area is 224 Å². The second-order valence-corrected chi connectivity index (χ2v) is 9.12. The Morgan fingerprint density at radius 1 is 0.923 bits per heavy atom. The van der Waals surface area contributed by atoms with Gasteiger partial charge in [0.05, 0.1) is 11.4 Å². The van der Waals surface area contributed by atoms with E-state index in [2.05, 4.69) is 10.4 Å². The smallest absolute Gasteiger partial charge is 0.287 e. The monoisotopic (exact) mass is 526 g/mol. The van der Waals surface area contributed by atoms with Crippen molar-refractivity contribution in [3.63, 3.8) is 0 Å². The van der Waals surface area contributed by atoms with Gasteiger partial charge in [0.1, 0.15) is 17.6 Å². The van der Waals surface area contributed by atoms with Gasteiger partial charge in [-0.05, 0) is 66.9 Å². The number of benzene rings is 3. The molecule has 1 unspecified atom stereocenters. The lowest BCUT2D eigenvalue weighted by Gasteiger charge is -2.17. The fourth-order valence-corrected chi connectivity index (χ4v) is 4.16. The molecular formula is C30H27FN4O4. The summed E-state index contributed by atoms with van der Waals surface area (Å²) in [6, 6.07) is 22.1. The van der Waals surface area contributed by atoms with Gasteiger partial charge in [-0.25, -0.2) is 9.07 Å². The second kappa shape index (κ2) is 12.1. The van der Waals surface area contributed by atoms with Crippen LogP contribution < -0.4 is 11.1 Å². The predicted octanol–water partition coefficient (Wildman–Crippen LogP) is 3.53. The molecule has 1 aromatic heterocycles. The number of primary amides is 1. The highest BCUT2D eigenvalue weighted by molar-refractivity contribution is 6.38. The fourth-order valence-electron chi connectivity index (χ4n) is 4.16. The Balaban J connectivity index is 1.48. The van der Waals surface area contributed by atoms with E-state index < -0.39 is 29.5 Å². The van der Waals surface area contributed by atoms with Crippen molar-refractivity contribution in [1.29, 1.82) is 0 Å². The van der Waals surface area contributed by atoms with E-state index in [9.17, 15) is 23.6 Å². The van der Waals surface area contributed by atoms with E-state index in [1.807, 2.05) is 18.2 Å². The number of hydrogen-bond donors (Lipinski definition) is 2. The van der Waals surface area contributed by atoms with Gasteiger partial charge in [0.15, 0.2) is 5.78 Å². The van der Waals surface area contributed by atoms with Crippen molar-refractivity contribution in [2.75, 3.05) is 0 Å². The van der Waals surface area contributed by atoms with E-state index in [1.165, 1.54) is 28.9 Å². The van der Waals surface area contributed by atoms with Crippen LogP contribution in [0.4, 0.5) is 4.39 Å². The Morgan fingerprint density at radius 3 is 2.23 bits per heavy atom. The fraction of sp³-hybridized carbons (Fsp3) is 0.167. The van der Waals surface area contributed by atoms with Gasteiger partial charge in [0.25, 0.3) is 11.8 Å². The molecule has 9 heteroatoms. The zero-order valence-corrected chi connectivity index (χ0v) is 21.3. The van der Waals surface area contributed by atoms with Gasteiger partial charge in [-0.1, -0.05) is 42.5 Å². The summed E-state index contributed by atoms with van der Waals surface area (Å²) in [5.41, 5.74) is 8.71. The third-order valence-corrected chi connectivity index (χ3v) is 6.20. The topological polar surface area (TPSA) is 124 Å². The van der Waals surface area contributed by atoms with Crippen LogP contribution in [0.3, 0.4) is 0 Å². The number of nitrogens with one attached hydrogen (secondary N) is 1. The van der Waals surface area contributed by atoms with Crippen LogP contribution in [0.1, 0.15) is 44.1 Å². The van der Waals surface area contributed by atoms with Gasteiger partial charge in [-0.15, -0.1) is 0 Å². The van der Waals surface area contributed by atoms with Crippen LogP contribution in [0.2, 0.25) is 0 Å². The summed E-state index contributed by atoms with van der Waals surface area (Å²) in [5, 5.41) is 7.06. The molecule has 39 heavy (non-hydrogen) atoms. The maximum Gasteiger partial charge on any atom is 0.287 e. The van der Waals surface area contributed by atoms with E-state index in [1.54, 1.807) is 49.4 Å². The molecule has 0 radical (unpaired) electrons. The van der Waals surface area contributed by atoms with E-state index in [0.717, 1.165) is 11.1 Å². The van der Waals surface area contributed by atoms with Crippen LogP contribution in [-0.4, -0.2) is 39.2 Å². The molecule has 8 nitrogen and oxygen atoms in total. The molecule has 0 bridgehead atoms. The van der Waals surface area contributed by atoms with E-state index in [-0.39, 0.29) is 24.3 Å². The van der Waals surface area contributed by atoms with Gasteiger partial charge in [-0.2, -0.15) is 5.10 Å². The molecule has 0 saturated heterocycles. The molecular weight excluding hydrogens is 499 g/mol. The first kappa shape index (κ1) is 27.1. The first-order valence-corrected chi connectivity index (χ1v) is 12.3. The van der Waals surface area contributed by atoms with Gasteiger partial charge >= 0.3 is 0 Å². The molecule has 3 N–H and O–H groups in total. The Hall–Kier alpha value is -4.92. The summed E-state index contributed by atoms with van der Waals surface area (Å²) in [5.74, 6) is -3.09. The number of carbonyl (C=O) groups is 4. The zero-order chi connectivity index (χ0) is 27.9. The third kappa shape index (κ3) is 6.89. The molecule has 3 aromatic carbocycles. The molecule has 4 rings (SSSR count). The molecule has 1 atom stereocenters. The van der Waals surface area contributed by atoms with Crippen molar-refractivity contribution < 1.29 is 23.6 Å². The van der Waals surface area contributed by atoms with Crippen molar-refractivity contribution in [2.45, 2.75) is 32.2 Å². The summed E-state index contributed by atoms with van der Waals surface area (Å²) >= 11 is 0. The molecule has 0 fully saturated rings. The average Bonchev–Trinajstić information content (AvgIpc) is 3.33. The van der Waals surface area contributed by atoms with Gasteiger partial charge in [-0.3, -0.25) is 19.2 Å². The van der Waals surface area contributed by atoms with Crippen molar-refractivity contribution in [3.05, 3.63) is 119 Å². The molecule has 0 spiro atoms. The number of aryl methyl sites for hydroxylation is 2. The molecule has 0 aliphatic heterocycles. The highest BCUT2D eigenvalue weighted by Crippen LogP contribution is 2.17. The van der Waals surface area contributed by atoms with Crippen LogP contribution in [0.5, 0.6) is 0 Å². The largest absolute Gasteiger partial charge is 0.363 e.